The Labute approximate surface area is 122 Å². The second-order valence-corrected chi connectivity index (χ2v) is 5.97. The summed E-state index contributed by atoms with van der Waals surface area (Å²) in [6.07, 6.45) is 2.64. The van der Waals surface area contributed by atoms with Gasteiger partial charge in [-0.25, -0.2) is 4.98 Å². The summed E-state index contributed by atoms with van der Waals surface area (Å²) >= 11 is 1.42. The van der Waals surface area contributed by atoms with E-state index in [1.165, 1.54) is 11.3 Å². The molecular formula is C13H19N5OS. The van der Waals surface area contributed by atoms with E-state index >= 15 is 0 Å². The molecule has 0 aliphatic heterocycles. The van der Waals surface area contributed by atoms with Gasteiger partial charge in [0, 0.05) is 24.0 Å². The first kappa shape index (κ1) is 14.6. The van der Waals surface area contributed by atoms with E-state index in [0.717, 1.165) is 22.9 Å². The maximum atomic E-state index is 12.0. The average Bonchev–Trinajstić information content (AvgIpc) is 3.02. The maximum Gasteiger partial charge on any atom is 0.280 e. The Morgan fingerprint density at radius 1 is 1.45 bits per heavy atom. The number of nitrogens with one attached hydrogen (secondary N) is 1. The molecule has 0 atom stereocenters. The molecule has 108 valence electrons. The van der Waals surface area contributed by atoms with Gasteiger partial charge in [0.2, 0.25) is 0 Å². The molecule has 2 rings (SSSR count). The van der Waals surface area contributed by atoms with Crippen molar-refractivity contribution >= 4 is 17.2 Å². The van der Waals surface area contributed by atoms with Crippen molar-refractivity contribution in [1.82, 2.24) is 25.1 Å². The van der Waals surface area contributed by atoms with Crippen LogP contribution in [0.2, 0.25) is 0 Å². The van der Waals surface area contributed by atoms with E-state index in [0.29, 0.717) is 17.5 Å². The number of hydrogen-bond donors (Lipinski definition) is 1. The van der Waals surface area contributed by atoms with Crippen LogP contribution in [-0.2, 0) is 20.0 Å². The molecule has 0 radical (unpaired) electrons. The van der Waals surface area contributed by atoms with Gasteiger partial charge in [-0.05, 0) is 6.42 Å². The Morgan fingerprint density at radius 2 is 2.20 bits per heavy atom. The number of nitrogens with zero attached hydrogens (tertiary/aromatic N) is 4. The third-order valence-electron chi connectivity index (χ3n) is 3.02. The summed E-state index contributed by atoms with van der Waals surface area (Å²) in [6, 6.07) is 0. The molecule has 1 amide bonds. The lowest BCUT2D eigenvalue weighted by molar-refractivity contribution is 0.0949. The lowest BCUT2D eigenvalue weighted by Gasteiger charge is -2.06. The minimum atomic E-state index is -0.163. The van der Waals surface area contributed by atoms with Gasteiger partial charge in [0.25, 0.3) is 5.91 Å². The molecule has 1 N–H and O–H groups in total. The Kier molecular flexibility index (Phi) is 4.49. The van der Waals surface area contributed by atoms with Crippen LogP contribution in [0, 0.1) is 0 Å². The lowest BCUT2D eigenvalue weighted by atomic mass is 10.2. The van der Waals surface area contributed by atoms with Gasteiger partial charge in [-0.3, -0.25) is 4.79 Å². The molecule has 0 saturated heterocycles. The highest BCUT2D eigenvalue weighted by atomic mass is 32.1. The summed E-state index contributed by atoms with van der Waals surface area (Å²) in [6.45, 7) is 6.53. The zero-order valence-electron chi connectivity index (χ0n) is 12.2. The van der Waals surface area contributed by atoms with Crippen LogP contribution < -0.4 is 5.32 Å². The van der Waals surface area contributed by atoms with Gasteiger partial charge >= 0.3 is 0 Å². The third-order valence-corrected chi connectivity index (χ3v) is 4.16. The molecule has 20 heavy (non-hydrogen) atoms. The number of aromatic nitrogens is 4. The molecule has 6 nitrogen and oxygen atoms in total. The highest BCUT2D eigenvalue weighted by Gasteiger charge is 2.14. The SMILES string of the molecule is CCc1cnc(C(=O)NCc2nnc(C(C)C)n2C)s1. The van der Waals surface area contributed by atoms with Gasteiger partial charge in [-0.15, -0.1) is 21.5 Å². The number of rotatable bonds is 5. The highest BCUT2D eigenvalue weighted by Crippen LogP contribution is 2.14. The lowest BCUT2D eigenvalue weighted by Crippen LogP contribution is -2.24. The van der Waals surface area contributed by atoms with Crippen LogP contribution >= 0.6 is 11.3 Å². The summed E-state index contributed by atoms with van der Waals surface area (Å²) in [4.78, 5) is 17.2. The van der Waals surface area contributed by atoms with Crippen molar-refractivity contribution in [2.45, 2.75) is 39.7 Å². The molecule has 2 aromatic rings. The molecule has 0 aromatic carbocycles. The number of thiazole rings is 1. The van der Waals surface area contributed by atoms with Crippen molar-refractivity contribution < 1.29 is 4.79 Å². The van der Waals surface area contributed by atoms with Gasteiger partial charge in [-0.1, -0.05) is 20.8 Å². The topological polar surface area (TPSA) is 72.7 Å². The van der Waals surface area contributed by atoms with Gasteiger partial charge < -0.3 is 9.88 Å². The fourth-order valence-corrected chi connectivity index (χ4v) is 2.61. The smallest absolute Gasteiger partial charge is 0.280 e. The molecular weight excluding hydrogens is 274 g/mol. The van der Waals surface area contributed by atoms with Crippen molar-refractivity contribution in [2.24, 2.45) is 7.05 Å². The number of amides is 1. The first-order valence-corrected chi connectivity index (χ1v) is 7.45. The molecule has 0 aliphatic rings. The monoisotopic (exact) mass is 293 g/mol. The van der Waals surface area contributed by atoms with Crippen molar-refractivity contribution in [3.8, 4) is 0 Å². The number of aryl methyl sites for hydroxylation is 1. The van der Waals surface area contributed by atoms with E-state index in [2.05, 4.69) is 34.3 Å². The van der Waals surface area contributed by atoms with E-state index in [9.17, 15) is 4.79 Å². The molecule has 0 unspecified atom stereocenters. The molecule has 2 heterocycles. The summed E-state index contributed by atoms with van der Waals surface area (Å²) in [5, 5.41) is 11.6. The van der Waals surface area contributed by atoms with E-state index < -0.39 is 0 Å². The molecule has 0 spiro atoms. The van der Waals surface area contributed by atoms with Gasteiger partial charge in [0.15, 0.2) is 10.8 Å². The first-order chi connectivity index (χ1) is 9.52. The van der Waals surface area contributed by atoms with E-state index in [1.807, 2.05) is 18.5 Å². The predicted molar refractivity (Wildman–Crippen MR) is 77.8 cm³/mol. The molecule has 0 aliphatic carbocycles. The van der Waals surface area contributed by atoms with Crippen molar-refractivity contribution in [3.05, 3.63) is 27.7 Å². The minimum Gasteiger partial charge on any atom is -0.343 e. The predicted octanol–water partition coefficient (Wildman–Crippen LogP) is 1.89. The van der Waals surface area contributed by atoms with E-state index in [1.54, 1.807) is 6.20 Å². The van der Waals surface area contributed by atoms with E-state index in [-0.39, 0.29) is 5.91 Å². The average molecular weight is 293 g/mol. The van der Waals surface area contributed by atoms with Crippen LogP contribution in [0.4, 0.5) is 0 Å². The van der Waals surface area contributed by atoms with Crippen LogP contribution in [0.5, 0.6) is 0 Å². The molecule has 7 heteroatoms. The Morgan fingerprint density at radius 3 is 2.75 bits per heavy atom. The van der Waals surface area contributed by atoms with Crippen LogP contribution in [-0.4, -0.2) is 25.7 Å². The second kappa shape index (κ2) is 6.13. The quantitative estimate of drug-likeness (QED) is 0.913. The number of carbonyl (C=O) groups is 1. The Bertz CT molecular complexity index is 602. The van der Waals surface area contributed by atoms with Crippen molar-refractivity contribution in [3.63, 3.8) is 0 Å². The summed E-state index contributed by atoms with van der Waals surface area (Å²) in [5.74, 6) is 1.80. The zero-order valence-corrected chi connectivity index (χ0v) is 13.0. The van der Waals surface area contributed by atoms with E-state index in [4.69, 9.17) is 0 Å². The standard InChI is InChI=1S/C13H19N5OS/c1-5-9-6-15-13(20-9)12(19)14-7-10-16-17-11(8(2)3)18(10)4/h6,8H,5,7H2,1-4H3,(H,14,19). The third kappa shape index (κ3) is 3.04. The summed E-state index contributed by atoms with van der Waals surface area (Å²) < 4.78 is 1.92. The van der Waals surface area contributed by atoms with Gasteiger partial charge in [0.1, 0.15) is 5.82 Å². The molecule has 0 saturated carbocycles. The second-order valence-electron chi connectivity index (χ2n) is 4.86. The largest absolute Gasteiger partial charge is 0.343 e. The summed E-state index contributed by atoms with van der Waals surface area (Å²) in [7, 11) is 1.91. The van der Waals surface area contributed by atoms with Crippen molar-refractivity contribution in [1.29, 1.82) is 0 Å². The number of hydrogen-bond acceptors (Lipinski definition) is 5. The highest BCUT2D eigenvalue weighted by molar-refractivity contribution is 7.13. The fourth-order valence-electron chi connectivity index (χ4n) is 1.84. The minimum absolute atomic E-state index is 0.163. The van der Waals surface area contributed by atoms with Gasteiger partial charge in [-0.2, -0.15) is 0 Å². The van der Waals surface area contributed by atoms with Crippen LogP contribution in [0.1, 0.15) is 53.0 Å². The number of carbonyl (C=O) groups excluding carboxylic acids is 1. The Hall–Kier alpha value is -1.76. The van der Waals surface area contributed by atoms with Crippen molar-refractivity contribution in [2.75, 3.05) is 0 Å². The Balaban J connectivity index is 2.00. The first-order valence-electron chi connectivity index (χ1n) is 6.64. The van der Waals surface area contributed by atoms with Gasteiger partial charge in [0.05, 0.1) is 6.54 Å². The zero-order chi connectivity index (χ0) is 14.7. The van der Waals surface area contributed by atoms with Crippen LogP contribution in [0.15, 0.2) is 6.20 Å². The molecule has 2 aromatic heterocycles. The maximum absolute atomic E-state index is 12.0. The fraction of sp³-hybridized carbons (Fsp3) is 0.538. The molecule has 0 fully saturated rings. The van der Waals surface area contributed by atoms with Crippen LogP contribution in [0.25, 0.3) is 0 Å². The summed E-state index contributed by atoms with van der Waals surface area (Å²) in [5.41, 5.74) is 0. The van der Waals surface area contributed by atoms with Crippen LogP contribution in [0.3, 0.4) is 0 Å². The normalized spacial score (nSPS) is 11.1. The molecule has 0 bridgehead atoms.